The highest BCUT2D eigenvalue weighted by molar-refractivity contribution is 14.0. The summed E-state index contributed by atoms with van der Waals surface area (Å²) in [4.78, 5) is 21.2. The van der Waals surface area contributed by atoms with Gasteiger partial charge < -0.3 is 15.5 Å². The Kier molecular flexibility index (Phi) is 10.00. The van der Waals surface area contributed by atoms with Gasteiger partial charge in [0.15, 0.2) is 5.96 Å². The molecule has 8 heteroatoms. The zero-order valence-corrected chi connectivity index (χ0v) is 19.9. The maximum Gasteiger partial charge on any atom is 0.225 e. The number of hydrogen-bond donors (Lipinski definition) is 2. The molecule has 0 aromatic carbocycles. The Hall–Kier alpha value is -0.220. The molecular formula is C19H36IN5OS. The quantitative estimate of drug-likeness (QED) is 0.326. The fraction of sp³-hybridized carbons (Fsp3) is 0.895. The van der Waals surface area contributed by atoms with E-state index in [0.29, 0.717) is 17.9 Å². The molecule has 156 valence electrons. The van der Waals surface area contributed by atoms with Crippen molar-refractivity contribution < 1.29 is 4.79 Å². The van der Waals surface area contributed by atoms with Gasteiger partial charge in [0, 0.05) is 63.5 Å². The number of nitrogens with zero attached hydrogens (tertiary/aromatic N) is 3. The Morgan fingerprint density at radius 1 is 1.15 bits per heavy atom. The fourth-order valence-corrected chi connectivity index (χ4v) is 4.91. The zero-order valence-electron chi connectivity index (χ0n) is 16.8. The lowest BCUT2D eigenvalue weighted by Crippen LogP contribution is -2.52. The van der Waals surface area contributed by atoms with Crippen LogP contribution in [0.4, 0.5) is 0 Å². The Morgan fingerprint density at radius 2 is 1.89 bits per heavy atom. The van der Waals surface area contributed by atoms with Crippen LogP contribution in [0.2, 0.25) is 0 Å². The molecule has 3 fully saturated rings. The molecule has 3 rings (SSSR count). The molecule has 1 amide bonds. The Morgan fingerprint density at radius 3 is 2.44 bits per heavy atom. The molecule has 0 bridgehead atoms. The molecule has 0 spiro atoms. The minimum atomic E-state index is 0. The number of carbonyl (C=O) groups excluding carboxylic acids is 1. The topological polar surface area (TPSA) is 60.0 Å². The monoisotopic (exact) mass is 509 g/mol. The van der Waals surface area contributed by atoms with Crippen LogP contribution in [0.15, 0.2) is 4.99 Å². The van der Waals surface area contributed by atoms with Gasteiger partial charge in [0.25, 0.3) is 0 Å². The molecule has 0 aromatic heterocycles. The van der Waals surface area contributed by atoms with Gasteiger partial charge in [-0.25, -0.2) is 0 Å². The molecule has 2 unspecified atom stereocenters. The Labute approximate surface area is 185 Å². The summed E-state index contributed by atoms with van der Waals surface area (Å²) in [5.74, 6) is 1.66. The van der Waals surface area contributed by atoms with E-state index in [9.17, 15) is 4.79 Å². The van der Waals surface area contributed by atoms with E-state index >= 15 is 0 Å². The van der Waals surface area contributed by atoms with Gasteiger partial charge in [0.05, 0.1) is 0 Å². The third-order valence-corrected chi connectivity index (χ3v) is 7.24. The van der Waals surface area contributed by atoms with Crippen LogP contribution in [0.3, 0.4) is 0 Å². The first-order valence-electron chi connectivity index (χ1n) is 10.2. The van der Waals surface area contributed by atoms with Gasteiger partial charge in [-0.05, 0) is 38.4 Å². The van der Waals surface area contributed by atoms with Gasteiger partial charge in [-0.1, -0.05) is 6.42 Å². The van der Waals surface area contributed by atoms with Crippen molar-refractivity contribution in [3.63, 3.8) is 0 Å². The predicted octanol–water partition coefficient (Wildman–Crippen LogP) is 2.00. The number of piperazine rings is 1. The average molecular weight is 510 g/mol. The van der Waals surface area contributed by atoms with Gasteiger partial charge in [-0.3, -0.25) is 14.7 Å². The molecule has 1 aliphatic heterocycles. The zero-order chi connectivity index (χ0) is 18.4. The van der Waals surface area contributed by atoms with E-state index in [2.05, 4.69) is 31.7 Å². The second kappa shape index (κ2) is 11.7. The van der Waals surface area contributed by atoms with E-state index in [1.807, 2.05) is 18.8 Å². The summed E-state index contributed by atoms with van der Waals surface area (Å²) < 4.78 is 0. The van der Waals surface area contributed by atoms with Gasteiger partial charge in [0.1, 0.15) is 0 Å². The first-order valence-corrected chi connectivity index (χ1v) is 11.5. The summed E-state index contributed by atoms with van der Waals surface area (Å²) in [5, 5.41) is 7.82. The minimum absolute atomic E-state index is 0. The number of aliphatic imine (C=N–C) groups is 1. The lowest BCUT2D eigenvalue weighted by Gasteiger charge is -2.38. The van der Waals surface area contributed by atoms with Crippen molar-refractivity contribution in [2.45, 2.75) is 49.8 Å². The normalized spacial score (nSPS) is 27.0. The van der Waals surface area contributed by atoms with E-state index < -0.39 is 0 Å². The largest absolute Gasteiger partial charge is 0.355 e. The molecule has 6 nitrogen and oxygen atoms in total. The number of guanidine groups is 1. The fourth-order valence-electron chi connectivity index (χ4n) is 4.11. The van der Waals surface area contributed by atoms with E-state index in [-0.39, 0.29) is 24.0 Å². The first-order chi connectivity index (χ1) is 12.7. The third-order valence-electron chi connectivity index (χ3n) is 6.14. The van der Waals surface area contributed by atoms with Crippen LogP contribution >= 0.6 is 35.7 Å². The summed E-state index contributed by atoms with van der Waals surface area (Å²) in [5.41, 5.74) is 0. The highest BCUT2D eigenvalue weighted by atomic mass is 127. The maximum atomic E-state index is 12.3. The lowest BCUT2D eigenvalue weighted by atomic mass is 9.84. The highest BCUT2D eigenvalue weighted by Gasteiger charge is 2.31. The second-order valence-corrected chi connectivity index (χ2v) is 8.94. The molecular weight excluding hydrogens is 473 g/mol. The van der Waals surface area contributed by atoms with Crippen LogP contribution in [-0.2, 0) is 4.79 Å². The van der Waals surface area contributed by atoms with Crippen molar-refractivity contribution in [2.24, 2.45) is 10.9 Å². The number of thioether (sulfide) groups is 1. The number of nitrogens with one attached hydrogen (secondary N) is 2. The SMILES string of the molecule is CN=C(NCCN1CCN(C(=O)C2CCC2)CC1)NC1CCC(SC)C1.I. The summed E-state index contributed by atoms with van der Waals surface area (Å²) in [6.45, 7) is 5.66. The first kappa shape index (κ1) is 23.1. The van der Waals surface area contributed by atoms with Gasteiger partial charge >= 0.3 is 0 Å². The molecule has 1 saturated heterocycles. The van der Waals surface area contributed by atoms with Crippen molar-refractivity contribution in [1.29, 1.82) is 0 Å². The van der Waals surface area contributed by atoms with Gasteiger partial charge in [-0.15, -0.1) is 24.0 Å². The van der Waals surface area contributed by atoms with Crippen LogP contribution in [-0.4, -0.2) is 85.5 Å². The number of carbonyl (C=O) groups is 1. The van der Waals surface area contributed by atoms with Crippen LogP contribution in [0.5, 0.6) is 0 Å². The number of hydrogen-bond acceptors (Lipinski definition) is 4. The molecule has 3 aliphatic rings. The summed E-state index contributed by atoms with van der Waals surface area (Å²) in [6.07, 6.45) is 9.43. The third kappa shape index (κ3) is 6.66. The molecule has 2 aliphatic carbocycles. The lowest BCUT2D eigenvalue weighted by molar-refractivity contribution is -0.139. The van der Waals surface area contributed by atoms with Crippen LogP contribution in [0.25, 0.3) is 0 Å². The Bertz CT molecular complexity index is 494. The van der Waals surface area contributed by atoms with Crippen LogP contribution < -0.4 is 10.6 Å². The van der Waals surface area contributed by atoms with E-state index in [0.717, 1.165) is 63.3 Å². The van der Waals surface area contributed by atoms with Gasteiger partial charge in [0.2, 0.25) is 5.91 Å². The van der Waals surface area contributed by atoms with Crippen molar-refractivity contribution in [1.82, 2.24) is 20.4 Å². The van der Waals surface area contributed by atoms with Crippen molar-refractivity contribution in [2.75, 3.05) is 52.6 Å². The molecule has 27 heavy (non-hydrogen) atoms. The minimum Gasteiger partial charge on any atom is -0.355 e. The highest BCUT2D eigenvalue weighted by Crippen LogP contribution is 2.29. The second-order valence-electron chi connectivity index (χ2n) is 7.81. The van der Waals surface area contributed by atoms with Crippen molar-refractivity contribution in [3.05, 3.63) is 0 Å². The average Bonchev–Trinajstić information content (AvgIpc) is 3.07. The standard InChI is InChI=1S/C19H35N5OS.HI/c1-20-19(22-16-6-7-17(14-16)26-2)21-8-9-23-10-12-24(13-11-23)18(25)15-4-3-5-15;/h15-17H,3-14H2,1-2H3,(H2,20,21,22);1H. The summed E-state index contributed by atoms with van der Waals surface area (Å²) >= 11 is 1.98. The molecule has 2 atom stereocenters. The van der Waals surface area contributed by atoms with E-state index in [4.69, 9.17) is 0 Å². The number of halogens is 1. The van der Waals surface area contributed by atoms with E-state index in [1.54, 1.807) is 0 Å². The Balaban J connectivity index is 0.00000261. The molecule has 1 heterocycles. The number of amides is 1. The molecule has 2 N–H and O–H groups in total. The van der Waals surface area contributed by atoms with Crippen LogP contribution in [0, 0.1) is 5.92 Å². The van der Waals surface area contributed by atoms with E-state index in [1.165, 1.54) is 25.7 Å². The smallest absolute Gasteiger partial charge is 0.225 e. The number of rotatable bonds is 6. The molecule has 2 saturated carbocycles. The van der Waals surface area contributed by atoms with Crippen molar-refractivity contribution >= 4 is 47.6 Å². The molecule has 0 radical (unpaired) electrons. The summed E-state index contributed by atoms with van der Waals surface area (Å²) in [7, 11) is 1.85. The van der Waals surface area contributed by atoms with Crippen molar-refractivity contribution in [3.8, 4) is 0 Å². The summed E-state index contributed by atoms with van der Waals surface area (Å²) in [6, 6.07) is 0.555. The maximum absolute atomic E-state index is 12.3. The van der Waals surface area contributed by atoms with Gasteiger partial charge in [-0.2, -0.15) is 11.8 Å². The van der Waals surface area contributed by atoms with Crippen LogP contribution in [0.1, 0.15) is 38.5 Å². The predicted molar refractivity (Wildman–Crippen MR) is 125 cm³/mol. The molecule has 0 aromatic rings.